The first-order valence-electron chi connectivity index (χ1n) is 4.86. The topological polar surface area (TPSA) is 30.7 Å². The van der Waals surface area contributed by atoms with Gasteiger partial charge in [-0.15, -0.1) is 10.2 Å². The van der Waals surface area contributed by atoms with Crippen molar-refractivity contribution in [3.8, 4) is 0 Å². The van der Waals surface area contributed by atoms with Crippen molar-refractivity contribution < 1.29 is 4.39 Å². The van der Waals surface area contributed by atoms with Crippen molar-refractivity contribution in [1.29, 1.82) is 0 Å². The summed E-state index contributed by atoms with van der Waals surface area (Å²) in [7, 11) is 0. The van der Waals surface area contributed by atoms with Crippen molar-refractivity contribution in [1.82, 2.24) is 14.8 Å². The predicted octanol–water partition coefficient (Wildman–Crippen LogP) is 2.12. The molecular weight excluding hydrogens is 181 g/mol. The van der Waals surface area contributed by atoms with Gasteiger partial charge in [0.1, 0.15) is 17.8 Å². The van der Waals surface area contributed by atoms with E-state index in [0.717, 1.165) is 35.8 Å². The minimum Gasteiger partial charge on any atom is -0.284 e. The Morgan fingerprint density at radius 3 is 2.64 bits per heavy atom. The van der Waals surface area contributed by atoms with Crippen LogP contribution in [0.3, 0.4) is 0 Å². The number of hydrogen-bond donors (Lipinski definition) is 0. The number of nitrogens with zero attached hydrogens (tertiary/aromatic N) is 3. The third-order valence-electron chi connectivity index (χ3n) is 2.67. The van der Waals surface area contributed by atoms with E-state index >= 15 is 0 Å². The summed E-state index contributed by atoms with van der Waals surface area (Å²) in [6.07, 6.45) is 0.800. The molecule has 1 unspecified atom stereocenters. The summed E-state index contributed by atoms with van der Waals surface area (Å²) in [5.41, 5.74) is 1.84. The van der Waals surface area contributed by atoms with Gasteiger partial charge in [-0.3, -0.25) is 4.57 Å². The summed E-state index contributed by atoms with van der Waals surface area (Å²) in [5, 5.41) is 8.01. The maximum Gasteiger partial charge on any atom is 0.138 e. The van der Waals surface area contributed by atoms with E-state index in [1.807, 2.05) is 18.4 Å². The highest BCUT2D eigenvalue weighted by Gasteiger charge is 2.23. The van der Waals surface area contributed by atoms with E-state index in [1.165, 1.54) is 0 Å². The van der Waals surface area contributed by atoms with Crippen LogP contribution in [-0.2, 0) is 6.42 Å². The third kappa shape index (κ3) is 1.25. The maximum atomic E-state index is 13.4. The Balaban J connectivity index is 2.60. The zero-order valence-electron chi connectivity index (χ0n) is 8.71. The molecule has 76 valence electrons. The molecule has 4 heteroatoms. The fourth-order valence-corrected chi connectivity index (χ4v) is 2.02. The molecule has 0 spiro atoms. The molecule has 0 N–H and O–H groups in total. The van der Waals surface area contributed by atoms with Crippen LogP contribution < -0.4 is 0 Å². The summed E-state index contributed by atoms with van der Waals surface area (Å²) < 4.78 is 15.3. The van der Waals surface area contributed by atoms with Crippen LogP contribution in [-0.4, -0.2) is 20.9 Å². The molecule has 1 aromatic rings. The zero-order chi connectivity index (χ0) is 10.3. The van der Waals surface area contributed by atoms with Crippen molar-refractivity contribution in [2.45, 2.75) is 39.8 Å². The van der Waals surface area contributed by atoms with Crippen molar-refractivity contribution in [3.63, 3.8) is 0 Å². The van der Waals surface area contributed by atoms with Crippen LogP contribution in [0, 0.1) is 6.92 Å². The summed E-state index contributed by atoms with van der Waals surface area (Å²) in [6, 6.07) is 0. The molecule has 2 rings (SSSR count). The maximum absolute atomic E-state index is 13.4. The lowest BCUT2D eigenvalue weighted by molar-refractivity contribution is 0.423. The summed E-state index contributed by atoms with van der Waals surface area (Å²) in [6.45, 7) is 5.40. The molecule has 0 bridgehead atoms. The van der Waals surface area contributed by atoms with Crippen LogP contribution >= 0.6 is 0 Å². The first-order valence-corrected chi connectivity index (χ1v) is 4.86. The minimum absolute atomic E-state index is 0.730. The summed E-state index contributed by atoms with van der Waals surface area (Å²) in [4.78, 5) is 0. The highest BCUT2D eigenvalue weighted by atomic mass is 19.1. The molecule has 2 heterocycles. The molecule has 0 fully saturated rings. The summed E-state index contributed by atoms with van der Waals surface area (Å²) >= 11 is 0. The molecule has 1 aliphatic rings. The van der Waals surface area contributed by atoms with Crippen LogP contribution in [0.4, 0.5) is 4.39 Å². The Morgan fingerprint density at radius 1 is 1.29 bits per heavy atom. The lowest BCUT2D eigenvalue weighted by atomic mass is 10.0. The number of rotatable bonds is 1. The Hall–Kier alpha value is -1.19. The Morgan fingerprint density at radius 2 is 2.00 bits per heavy atom. The fraction of sp³-hybridized carbons (Fsp3) is 0.600. The Kier molecular flexibility index (Phi) is 2.13. The second-order valence-electron chi connectivity index (χ2n) is 3.78. The van der Waals surface area contributed by atoms with Crippen molar-refractivity contribution >= 4 is 5.70 Å². The van der Waals surface area contributed by atoms with E-state index in [0.29, 0.717) is 0 Å². The van der Waals surface area contributed by atoms with Gasteiger partial charge in [0.2, 0.25) is 0 Å². The fourth-order valence-electron chi connectivity index (χ4n) is 2.02. The van der Waals surface area contributed by atoms with Gasteiger partial charge in [-0.2, -0.15) is 0 Å². The van der Waals surface area contributed by atoms with Crippen LogP contribution in [0.25, 0.3) is 5.70 Å². The second kappa shape index (κ2) is 3.19. The molecule has 14 heavy (non-hydrogen) atoms. The molecule has 1 aliphatic heterocycles. The number of aryl methyl sites for hydroxylation is 2. The van der Waals surface area contributed by atoms with Crippen molar-refractivity contribution in [2.24, 2.45) is 0 Å². The van der Waals surface area contributed by atoms with Gasteiger partial charge in [0.05, 0.1) is 5.70 Å². The van der Waals surface area contributed by atoms with Gasteiger partial charge in [-0.05, 0) is 32.8 Å². The number of fused-ring (bicyclic) bond motifs is 1. The molecule has 0 amide bonds. The molecule has 0 aromatic carbocycles. The average Bonchev–Trinajstić information content (AvgIpc) is 2.47. The highest BCUT2D eigenvalue weighted by Crippen LogP contribution is 2.28. The number of allylic oxidation sites excluding steroid dienone is 2. The van der Waals surface area contributed by atoms with Gasteiger partial charge in [0, 0.05) is 6.42 Å². The summed E-state index contributed by atoms with van der Waals surface area (Å²) in [5.74, 6) is 1.66. The monoisotopic (exact) mass is 195 g/mol. The van der Waals surface area contributed by atoms with E-state index in [-0.39, 0.29) is 0 Å². The number of hydrogen-bond acceptors (Lipinski definition) is 2. The van der Waals surface area contributed by atoms with E-state index in [1.54, 1.807) is 6.92 Å². The number of alkyl halides is 1. The first-order chi connectivity index (χ1) is 6.61. The van der Waals surface area contributed by atoms with Gasteiger partial charge < -0.3 is 0 Å². The van der Waals surface area contributed by atoms with E-state index < -0.39 is 6.17 Å². The molecule has 0 saturated carbocycles. The SMILES string of the molecule is CC1=C(C(C)F)n2c(C)nnc2CC1. The molecule has 3 nitrogen and oxygen atoms in total. The van der Waals surface area contributed by atoms with Crippen LogP contribution in [0.5, 0.6) is 0 Å². The number of aromatic nitrogens is 3. The van der Waals surface area contributed by atoms with Gasteiger partial charge >= 0.3 is 0 Å². The second-order valence-corrected chi connectivity index (χ2v) is 3.78. The average molecular weight is 195 g/mol. The molecule has 0 saturated heterocycles. The molecule has 0 aliphatic carbocycles. The quantitative estimate of drug-likeness (QED) is 0.687. The van der Waals surface area contributed by atoms with E-state index in [4.69, 9.17) is 0 Å². The predicted molar refractivity (Wildman–Crippen MR) is 52.5 cm³/mol. The lowest BCUT2D eigenvalue weighted by Gasteiger charge is -2.21. The molecule has 1 atom stereocenters. The van der Waals surface area contributed by atoms with E-state index in [2.05, 4.69) is 10.2 Å². The lowest BCUT2D eigenvalue weighted by Crippen LogP contribution is -2.18. The molecule has 1 aromatic heterocycles. The number of halogens is 1. The Labute approximate surface area is 82.6 Å². The van der Waals surface area contributed by atoms with Crippen LogP contribution in [0.1, 0.15) is 31.9 Å². The molecule has 0 radical (unpaired) electrons. The van der Waals surface area contributed by atoms with Gasteiger partial charge in [-0.1, -0.05) is 0 Å². The first kappa shape index (κ1) is 9.37. The van der Waals surface area contributed by atoms with Crippen LogP contribution in [0.15, 0.2) is 5.57 Å². The smallest absolute Gasteiger partial charge is 0.138 e. The highest BCUT2D eigenvalue weighted by molar-refractivity contribution is 5.56. The largest absolute Gasteiger partial charge is 0.284 e. The van der Waals surface area contributed by atoms with Crippen molar-refractivity contribution in [3.05, 3.63) is 17.2 Å². The van der Waals surface area contributed by atoms with Gasteiger partial charge in [0.15, 0.2) is 0 Å². The molecular formula is C10H14FN3. The van der Waals surface area contributed by atoms with Crippen molar-refractivity contribution in [2.75, 3.05) is 0 Å². The Bertz CT molecular complexity index is 390. The zero-order valence-corrected chi connectivity index (χ0v) is 8.71. The third-order valence-corrected chi connectivity index (χ3v) is 2.67. The standard InChI is InChI=1S/C10H14FN3/c1-6-4-5-9-13-12-8(3)14(9)10(6)7(2)11/h7H,4-5H2,1-3H3. The van der Waals surface area contributed by atoms with E-state index in [9.17, 15) is 4.39 Å². The van der Waals surface area contributed by atoms with Gasteiger partial charge in [-0.25, -0.2) is 4.39 Å². The van der Waals surface area contributed by atoms with Crippen LogP contribution in [0.2, 0.25) is 0 Å². The van der Waals surface area contributed by atoms with Gasteiger partial charge in [0.25, 0.3) is 0 Å². The normalized spacial score (nSPS) is 18.3. The minimum atomic E-state index is -0.955.